The zero-order chi connectivity index (χ0) is 8.10. The highest BCUT2D eigenvalue weighted by molar-refractivity contribution is 5.73. The van der Waals surface area contributed by atoms with E-state index < -0.39 is 0 Å². The van der Waals surface area contributed by atoms with E-state index >= 15 is 0 Å². The van der Waals surface area contributed by atoms with Gasteiger partial charge < -0.3 is 4.90 Å². The summed E-state index contributed by atoms with van der Waals surface area (Å²) in [5, 5.41) is 0. The lowest BCUT2D eigenvalue weighted by Crippen LogP contribution is -2.19. The van der Waals surface area contributed by atoms with Gasteiger partial charge in [-0.3, -0.25) is 4.79 Å². The maximum Gasteiger partial charge on any atom is 0.251 e. The Balaban J connectivity index is 2.66. The van der Waals surface area contributed by atoms with Gasteiger partial charge in [-0.2, -0.15) is 0 Å². The minimum absolute atomic E-state index is 0.604. The van der Waals surface area contributed by atoms with Gasteiger partial charge in [0.15, 0.2) is 0 Å². The average Bonchev–Trinajstić information content (AvgIpc) is 2.06. The summed E-state index contributed by atoms with van der Waals surface area (Å²) < 4.78 is 0. The maximum absolute atomic E-state index is 10.3. The topological polar surface area (TPSA) is 20.3 Å². The summed E-state index contributed by atoms with van der Waals surface area (Å²) in [5.74, 6) is 0. The predicted octanol–water partition coefficient (Wildman–Crippen LogP) is 1.39. The highest BCUT2D eigenvalue weighted by Gasteiger charge is 2.06. The fourth-order valence-electron chi connectivity index (χ4n) is 0.964. The molecule has 1 heterocycles. The monoisotopic (exact) mass is 148 g/mol. The van der Waals surface area contributed by atoms with Crippen molar-refractivity contribution in [2.75, 3.05) is 6.54 Å². The van der Waals surface area contributed by atoms with Gasteiger partial charge in [0.05, 0.1) is 5.70 Å². The molecule has 0 saturated heterocycles. The molecule has 1 aliphatic heterocycles. The van der Waals surface area contributed by atoms with Crippen LogP contribution in [0.15, 0.2) is 36.7 Å². The van der Waals surface area contributed by atoms with Gasteiger partial charge >= 0.3 is 0 Å². The lowest BCUT2D eigenvalue weighted by Gasteiger charge is -2.19. The number of hydrogen-bond donors (Lipinski definition) is 0. The minimum atomic E-state index is 0.604. The Morgan fingerprint density at radius 3 is 3.27 bits per heavy atom. The number of allylic oxidation sites excluding steroid dienone is 3. The first-order chi connectivity index (χ1) is 5.38. The van der Waals surface area contributed by atoms with Gasteiger partial charge in [0.1, 0.15) is 0 Å². The molecule has 0 amide bonds. The molecule has 0 unspecified atom stereocenters. The Bertz CT molecular complexity index is 216. The first-order valence-electron chi connectivity index (χ1n) is 3.51. The molecule has 0 aromatic heterocycles. The fraction of sp³-hybridized carbons (Fsp3) is 0.222. The first-order valence-corrected chi connectivity index (χ1v) is 3.51. The molecule has 0 aromatic rings. The third-order valence-electron chi connectivity index (χ3n) is 1.47. The van der Waals surface area contributed by atoms with Crippen LogP contribution in [0.5, 0.6) is 0 Å². The number of rotatable bonds is 3. The minimum Gasteiger partial charge on any atom is -0.341 e. The third-order valence-corrected chi connectivity index (χ3v) is 1.47. The largest absolute Gasteiger partial charge is 0.341 e. The molecule has 0 bridgehead atoms. The Labute approximate surface area is 66.5 Å². The van der Waals surface area contributed by atoms with Crippen molar-refractivity contribution in [2.45, 2.75) is 6.42 Å². The van der Waals surface area contributed by atoms with E-state index in [0.29, 0.717) is 12.2 Å². The van der Waals surface area contributed by atoms with Crippen LogP contribution in [0, 0.1) is 0 Å². The maximum atomic E-state index is 10.3. The first kappa shape index (κ1) is 7.79. The van der Waals surface area contributed by atoms with Crippen LogP contribution in [0.4, 0.5) is 0 Å². The van der Waals surface area contributed by atoms with Gasteiger partial charge in [-0.15, -0.1) is 6.58 Å². The molecule has 0 atom stereocenters. The van der Waals surface area contributed by atoms with Crippen molar-refractivity contribution < 1.29 is 4.79 Å². The van der Waals surface area contributed by atoms with Crippen molar-refractivity contribution in [3.8, 4) is 0 Å². The predicted molar refractivity (Wildman–Crippen MR) is 44.4 cm³/mol. The molecule has 57 valence electrons. The Hall–Kier alpha value is -1.31. The van der Waals surface area contributed by atoms with Crippen LogP contribution in [0.2, 0.25) is 0 Å². The summed E-state index contributed by atoms with van der Waals surface area (Å²) in [6.45, 7) is 4.26. The summed E-state index contributed by atoms with van der Waals surface area (Å²) in [7, 11) is 0. The number of carbonyl (C=O) groups excluding carboxylic acids is 1. The molecule has 0 aliphatic carbocycles. The van der Waals surface area contributed by atoms with Gasteiger partial charge in [0.25, 0.3) is 6.29 Å². The van der Waals surface area contributed by atoms with Crippen LogP contribution in [-0.2, 0) is 4.79 Å². The highest BCUT2D eigenvalue weighted by Crippen LogP contribution is 2.09. The number of hydrogen-bond acceptors (Lipinski definition) is 2. The lowest BCUT2D eigenvalue weighted by atomic mass is 10.2. The van der Waals surface area contributed by atoms with Gasteiger partial charge in [-0.05, 0) is 6.42 Å². The van der Waals surface area contributed by atoms with Crippen LogP contribution in [0.25, 0.3) is 0 Å². The molecule has 0 saturated carbocycles. The van der Waals surface area contributed by atoms with E-state index in [1.165, 1.54) is 0 Å². The smallest absolute Gasteiger partial charge is 0.251 e. The van der Waals surface area contributed by atoms with Gasteiger partial charge in [0, 0.05) is 12.7 Å². The molecule has 1 aliphatic rings. The van der Waals surface area contributed by atoms with Gasteiger partial charge in [-0.25, -0.2) is 0 Å². The molecule has 1 rings (SSSR count). The molecular formula is C9H10NO. The SMILES string of the molecule is C=CCN1C=CCC=C1[C]=O. The van der Waals surface area contributed by atoms with E-state index in [1.54, 1.807) is 6.08 Å². The number of nitrogens with zero attached hydrogens (tertiary/aromatic N) is 1. The van der Waals surface area contributed by atoms with Crippen molar-refractivity contribution in [1.29, 1.82) is 0 Å². The van der Waals surface area contributed by atoms with Crippen LogP contribution >= 0.6 is 0 Å². The standard InChI is InChI=1S/C9H10NO/c1-2-6-10-7-4-3-5-9(10)8-11/h2,4-5,7H,1,3,6H2. The third kappa shape index (κ3) is 1.80. The van der Waals surface area contributed by atoms with Crippen LogP contribution in [-0.4, -0.2) is 17.7 Å². The van der Waals surface area contributed by atoms with Crippen molar-refractivity contribution in [3.05, 3.63) is 36.7 Å². The zero-order valence-electron chi connectivity index (χ0n) is 6.29. The van der Waals surface area contributed by atoms with E-state index in [9.17, 15) is 4.79 Å². The van der Waals surface area contributed by atoms with E-state index in [0.717, 1.165) is 6.42 Å². The van der Waals surface area contributed by atoms with Crippen molar-refractivity contribution >= 4 is 6.29 Å². The molecule has 2 heteroatoms. The molecular weight excluding hydrogens is 138 g/mol. The Morgan fingerprint density at radius 1 is 1.82 bits per heavy atom. The molecule has 0 spiro atoms. The molecule has 11 heavy (non-hydrogen) atoms. The van der Waals surface area contributed by atoms with Crippen LogP contribution in [0.3, 0.4) is 0 Å². The molecule has 1 radical (unpaired) electrons. The second kappa shape index (κ2) is 3.76. The van der Waals surface area contributed by atoms with E-state index in [1.807, 2.05) is 29.5 Å². The quantitative estimate of drug-likeness (QED) is 0.563. The Morgan fingerprint density at radius 2 is 2.64 bits per heavy atom. The normalized spacial score (nSPS) is 16.0. The van der Waals surface area contributed by atoms with E-state index in [-0.39, 0.29) is 0 Å². The van der Waals surface area contributed by atoms with Crippen molar-refractivity contribution in [3.63, 3.8) is 0 Å². The molecule has 2 nitrogen and oxygen atoms in total. The van der Waals surface area contributed by atoms with Gasteiger partial charge in [0.2, 0.25) is 0 Å². The second-order valence-electron chi connectivity index (χ2n) is 2.25. The second-order valence-corrected chi connectivity index (χ2v) is 2.25. The van der Waals surface area contributed by atoms with Crippen molar-refractivity contribution in [2.24, 2.45) is 0 Å². The Kier molecular flexibility index (Phi) is 2.66. The van der Waals surface area contributed by atoms with Crippen LogP contribution < -0.4 is 0 Å². The summed E-state index contributed by atoms with van der Waals surface area (Å²) >= 11 is 0. The van der Waals surface area contributed by atoms with E-state index in [4.69, 9.17) is 0 Å². The summed E-state index contributed by atoms with van der Waals surface area (Å²) in [6.07, 6.45) is 10.2. The molecule has 0 aromatic carbocycles. The molecule has 0 N–H and O–H groups in total. The van der Waals surface area contributed by atoms with Crippen molar-refractivity contribution in [1.82, 2.24) is 4.90 Å². The lowest BCUT2D eigenvalue weighted by molar-refractivity contribution is 0.501. The summed E-state index contributed by atoms with van der Waals surface area (Å²) in [6, 6.07) is 0. The molecule has 0 fully saturated rings. The summed E-state index contributed by atoms with van der Waals surface area (Å²) in [5.41, 5.74) is 0.604. The van der Waals surface area contributed by atoms with Crippen LogP contribution in [0.1, 0.15) is 6.42 Å². The zero-order valence-corrected chi connectivity index (χ0v) is 6.29. The van der Waals surface area contributed by atoms with Gasteiger partial charge in [-0.1, -0.05) is 18.2 Å². The highest BCUT2D eigenvalue weighted by atomic mass is 16.1. The summed E-state index contributed by atoms with van der Waals surface area (Å²) in [4.78, 5) is 12.2. The average molecular weight is 148 g/mol. The van der Waals surface area contributed by atoms with E-state index in [2.05, 4.69) is 6.58 Å². The fourth-order valence-corrected chi connectivity index (χ4v) is 0.964.